The lowest BCUT2D eigenvalue weighted by Gasteiger charge is -1.97. The second-order valence-corrected chi connectivity index (χ2v) is 4.85. The van der Waals surface area contributed by atoms with Crippen LogP contribution >= 0.6 is 23.2 Å². The zero-order chi connectivity index (χ0) is 12.7. The first-order chi connectivity index (χ1) is 8.63. The SMILES string of the molecule is Cc1cc(Cl)n2nc(-c3ccc(Cl)cc3)cc2n1. The van der Waals surface area contributed by atoms with E-state index >= 15 is 0 Å². The van der Waals surface area contributed by atoms with Gasteiger partial charge >= 0.3 is 0 Å². The molecule has 3 aromatic rings. The van der Waals surface area contributed by atoms with Gasteiger partial charge in [0.05, 0.1) is 5.69 Å². The van der Waals surface area contributed by atoms with Gasteiger partial charge in [-0.25, -0.2) is 9.50 Å². The van der Waals surface area contributed by atoms with Gasteiger partial charge in [-0.1, -0.05) is 35.3 Å². The summed E-state index contributed by atoms with van der Waals surface area (Å²) in [4.78, 5) is 4.39. The van der Waals surface area contributed by atoms with Crippen molar-refractivity contribution < 1.29 is 0 Å². The number of aryl methyl sites for hydroxylation is 1. The van der Waals surface area contributed by atoms with Crippen molar-refractivity contribution in [1.29, 1.82) is 0 Å². The maximum atomic E-state index is 6.13. The summed E-state index contributed by atoms with van der Waals surface area (Å²) in [6.07, 6.45) is 0. The van der Waals surface area contributed by atoms with Crippen LogP contribution in [0.1, 0.15) is 5.69 Å². The normalized spacial score (nSPS) is 11.1. The van der Waals surface area contributed by atoms with Gasteiger partial charge in [-0.3, -0.25) is 0 Å². The first-order valence-corrected chi connectivity index (χ1v) is 6.18. The van der Waals surface area contributed by atoms with Crippen LogP contribution in [0.5, 0.6) is 0 Å². The van der Waals surface area contributed by atoms with Crippen LogP contribution in [0.3, 0.4) is 0 Å². The van der Waals surface area contributed by atoms with Gasteiger partial charge in [0.1, 0.15) is 5.15 Å². The molecule has 0 N–H and O–H groups in total. The molecule has 0 amide bonds. The molecule has 0 unspecified atom stereocenters. The minimum Gasteiger partial charge on any atom is -0.234 e. The Morgan fingerprint density at radius 1 is 1.06 bits per heavy atom. The Labute approximate surface area is 114 Å². The molecule has 0 radical (unpaired) electrons. The molecule has 0 aliphatic rings. The highest BCUT2D eigenvalue weighted by Gasteiger charge is 2.08. The van der Waals surface area contributed by atoms with Crippen molar-refractivity contribution in [2.45, 2.75) is 6.92 Å². The predicted molar refractivity (Wildman–Crippen MR) is 73.2 cm³/mol. The van der Waals surface area contributed by atoms with E-state index in [0.29, 0.717) is 10.2 Å². The van der Waals surface area contributed by atoms with Crippen molar-refractivity contribution in [2.75, 3.05) is 0 Å². The summed E-state index contributed by atoms with van der Waals surface area (Å²) in [7, 11) is 0. The first-order valence-electron chi connectivity index (χ1n) is 5.42. The van der Waals surface area contributed by atoms with E-state index in [1.165, 1.54) is 0 Å². The molecule has 0 aliphatic heterocycles. The molecule has 0 fully saturated rings. The molecule has 1 aromatic carbocycles. The third-order valence-corrected chi connectivity index (χ3v) is 3.17. The Balaban J connectivity index is 2.19. The summed E-state index contributed by atoms with van der Waals surface area (Å²) in [5.41, 5.74) is 3.42. The molecule has 5 heteroatoms. The quantitative estimate of drug-likeness (QED) is 0.629. The number of hydrogen-bond acceptors (Lipinski definition) is 2. The van der Waals surface area contributed by atoms with Gasteiger partial charge in [-0.05, 0) is 25.1 Å². The van der Waals surface area contributed by atoms with Crippen molar-refractivity contribution in [3.05, 3.63) is 52.3 Å². The first kappa shape index (κ1) is 11.5. The minimum atomic E-state index is 0.553. The fourth-order valence-corrected chi connectivity index (χ4v) is 2.22. The summed E-state index contributed by atoms with van der Waals surface area (Å²) in [5, 5.41) is 5.69. The molecule has 3 rings (SSSR count). The highest BCUT2D eigenvalue weighted by atomic mass is 35.5. The molecule has 3 nitrogen and oxygen atoms in total. The molecule has 0 aliphatic carbocycles. The van der Waals surface area contributed by atoms with Crippen LogP contribution in [-0.2, 0) is 0 Å². The number of fused-ring (bicyclic) bond motifs is 1. The number of rotatable bonds is 1. The molecule has 0 bridgehead atoms. The lowest BCUT2D eigenvalue weighted by molar-refractivity contribution is 0.934. The van der Waals surface area contributed by atoms with Crippen LogP contribution in [0, 0.1) is 6.92 Å². The summed E-state index contributed by atoms with van der Waals surface area (Å²) >= 11 is 12.0. The zero-order valence-corrected chi connectivity index (χ0v) is 11.1. The molecule has 0 spiro atoms. The zero-order valence-electron chi connectivity index (χ0n) is 9.56. The van der Waals surface area contributed by atoms with Gasteiger partial charge in [-0.2, -0.15) is 5.10 Å². The average molecular weight is 278 g/mol. The molecule has 0 saturated carbocycles. The van der Waals surface area contributed by atoms with Crippen LogP contribution in [0.2, 0.25) is 10.2 Å². The van der Waals surface area contributed by atoms with Crippen LogP contribution in [0.4, 0.5) is 0 Å². The lowest BCUT2D eigenvalue weighted by atomic mass is 10.2. The fraction of sp³-hybridized carbons (Fsp3) is 0.0769. The summed E-state index contributed by atoms with van der Waals surface area (Å²) < 4.78 is 1.62. The highest BCUT2D eigenvalue weighted by molar-refractivity contribution is 6.30. The summed E-state index contributed by atoms with van der Waals surface area (Å²) in [6, 6.07) is 11.2. The Morgan fingerprint density at radius 2 is 1.78 bits per heavy atom. The van der Waals surface area contributed by atoms with Gasteiger partial charge < -0.3 is 0 Å². The molecular formula is C13H9Cl2N3. The van der Waals surface area contributed by atoms with Crippen LogP contribution in [-0.4, -0.2) is 14.6 Å². The Kier molecular flexibility index (Phi) is 2.73. The maximum absolute atomic E-state index is 6.13. The van der Waals surface area contributed by atoms with E-state index in [-0.39, 0.29) is 0 Å². The summed E-state index contributed by atoms with van der Waals surface area (Å²) in [5.74, 6) is 0. The maximum Gasteiger partial charge on any atom is 0.157 e. The van der Waals surface area contributed by atoms with E-state index in [4.69, 9.17) is 23.2 Å². The van der Waals surface area contributed by atoms with Crippen molar-refractivity contribution in [1.82, 2.24) is 14.6 Å². The van der Waals surface area contributed by atoms with E-state index in [9.17, 15) is 0 Å². The second kappa shape index (κ2) is 4.26. The number of benzene rings is 1. The molecular weight excluding hydrogens is 269 g/mol. The third-order valence-electron chi connectivity index (χ3n) is 2.65. The molecule has 0 saturated heterocycles. The number of aromatic nitrogens is 3. The van der Waals surface area contributed by atoms with Crippen LogP contribution in [0.15, 0.2) is 36.4 Å². The number of hydrogen-bond donors (Lipinski definition) is 0. The van der Waals surface area contributed by atoms with E-state index < -0.39 is 0 Å². The van der Waals surface area contributed by atoms with Crippen molar-refractivity contribution in [3.8, 4) is 11.3 Å². The Bertz CT molecular complexity index is 717. The van der Waals surface area contributed by atoms with Gasteiger partial charge in [0, 0.05) is 22.3 Å². The second-order valence-electron chi connectivity index (χ2n) is 4.03. The van der Waals surface area contributed by atoms with Gasteiger partial charge in [0.2, 0.25) is 0 Å². The van der Waals surface area contributed by atoms with Crippen LogP contribution in [0.25, 0.3) is 16.9 Å². The number of halogens is 2. The van der Waals surface area contributed by atoms with E-state index in [1.54, 1.807) is 10.6 Å². The smallest absolute Gasteiger partial charge is 0.157 e. The summed E-state index contributed by atoms with van der Waals surface area (Å²) in [6.45, 7) is 1.90. The predicted octanol–water partition coefficient (Wildman–Crippen LogP) is 4.01. The van der Waals surface area contributed by atoms with Crippen molar-refractivity contribution in [3.63, 3.8) is 0 Å². The number of nitrogens with zero attached hydrogens (tertiary/aromatic N) is 3. The highest BCUT2D eigenvalue weighted by Crippen LogP contribution is 2.23. The molecule has 2 heterocycles. The standard InChI is InChI=1S/C13H9Cl2N3/c1-8-6-12(15)18-13(16-8)7-11(17-18)9-2-4-10(14)5-3-9/h2-7H,1H3. The van der Waals surface area contributed by atoms with E-state index in [2.05, 4.69) is 10.1 Å². The monoisotopic (exact) mass is 277 g/mol. The Hall–Kier alpha value is -1.58. The van der Waals surface area contributed by atoms with Crippen molar-refractivity contribution in [2.24, 2.45) is 0 Å². The molecule has 18 heavy (non-hydrogen) atoms. The van der Waals surface area contributed by atoms with Gasteiger partial charge in [-0.15, -0.1) is 0 Å². The van der Waals surface area contributed by atoms with Crippen LogP contribution < -0.4 is 0 Å². The van der Waals surface area contributed by atoms with E-state index in [1.807, 2.05) is 37.3 Å². The van der Waals surface area contributed by atoms with Gasteiger partial charge in [0.25, 0.3) is 0 Å². The topological polar surface area (TPSA) is 30.2 Å². The fourth-order valence-electron chi connectivity index (χ4n) is 1.82. The minimum absolute atomic E-state index is 0.553. The molecule has 2 aromatic heterocycles. The molecule has 0 atom stereocenters. The average Bonchev–Trinajstić information content (AvgIpc) is 2.74. The Morgan fingerprint density at radius 3 is 2.50 bits per heavy atom. The van der Waals surface area contributed by atoms with Crippen molar-refractivity contribution >= 4 is 28.8 Å². The largest absolute Gasteiger partial charge is 0.234 e. The van der Waals surface area contributed by atoms with Gasteiger partial charge in [0.15, 0.2) is 5.65 Å². The third kappa shape index (κ3) is 1.96. The lowest BCUT2D eigenvalue weighted by Crippen LogP contribution is -1.93. The molecule has 90 valence electrons. The van der Waals surface area contributed by atoms with E-state index in [0.717, 1.165) is 22.6 Å².